The molecule has 2 saturated carbocycles. The molecule has 0 saturated heterocycles. The van der Waals surface area contributed by atoms with Crippen molar-refractivity contribution in [1.29, 1.82) is 0 Å². The molecular weight excluding hydrogens is 246 g/mol. The van der Waals surface area contributed by atoms with E-state index in [2.05, 4.69) is 37.3 Å². The third-order valence-corrected chi connectivity index (χ3v) is 5.79. The fraction of sp³-hybridized carbons (Fsp3) is 0.667. The summed E-state index contributed by atoms with van der Waals surface area (Å²) in [5.41, 5.74) is 7.84. The number of hydrogen-bond acceptors (Lipinski definition) is 2. The Kier molecular flexibility index (Phi) is 3.87. The van der Waals surface area contributed by atoms with E-state index in [-0.39, 0.29) is 0 Å². The Morgan fingerprint density at radius 1 is 1.25 bits per heavy atom. The molecule has 1 aromatic carbocycles. The molecule has 0 heterocycles. The van der Waals surface area contributed by atoms with Crippen molar-refractivity contribution < 1.29 is 4.74 Å². The van der Waals surface area contributed by atoms with E-state index in [1.165, 1.54) is 44.1 Å². The van der Waals surface area contributed by atoms with Gasteiger partial charge in [0.2, 0.25) is 0 Å². The van der Waals surface area contributed by atoms with Crippen LogP contribution in [0, 0.1) is 11.3 Å². The van der Waals surface area contributed by atoms with Gasteiger partial charge in [0.25, 0.3) is 0 Å². The van der Waals surface area contributed by atoms with Crippen LogP contribution in [0.2, 0.25) is 0 Å². The predicted molar refractivity (Wildman–Crippen MR) is 82.4 cm³/mol. The van der Waals surface area contributed by atoms with Gasteiger partial charge in [-0.3, -0.25) is 0 Å². The summed E-state index contributed by atoms with van der Waals surface area (Å²) in [5.74, 6) is 0.880. The summed E-state index contributed by atoms with van der Waals surface area (Å²) in [7, 11) is 0. The molecule has 3 unspecified atom stereocenters. The molecule has 2 aliphatic carbocycles. The molecule has 3 rings (SSSR count). The number of hydrogen-bond donors (Lipinski definition) is 1. The van der Waals surface area contributed by atoms with Crippen LogP contribution < -0.4 is 5.73 Å². The summed E-state index contributed by atoms with van der Waals surface area (Å²) < 4.78 is 5.65. The summed E-state index contributed by atoms with van der Waals surface area (Å²) in [6, 6.07) is 11.1. The Morgan fingerprint density at radius 2 is 2.05 bits per heavy atom. The van der Waals surface area contributed by atoms with Crippen molar-refractivity contribution in [2.24, 2.45) is 17.1 Å². The Balaban J connectivity index is 1.89. The highest BCUT2D eigenvalue weighted by Crippen LogP contribution is 2.59. The maximum Gasteiger partial charge on any atom is 0.0940 e. The zero-order valence-corrected chi connectivity index (χ0v) is 12.6. The molecule has 0 radical (unpaired) electrons. The van der Waals surface area contributed by atoms with Crippen molar-refractivity contribution >= 4 is 0 Å². The monoisotopic (exact) mass is 273 g/mol. The highest BCUT2D eigenvalue weighted by molar-refractivity contribution is 5.28. The van der Waals surface area contributed by atoms with Gasteiger partial charge in [-0.05, 0) is 60.8 Å². The Bertz CT molecular complexity index is 446. The summed E-state index contributed by atoms with van der Waals surface area (Å²) in [4.78, 5) is 0. The first-order valence-electron chi connectivity index (χ1n) is 8.05. The lowest BCUT2D eigenvalue weighted by molar-refractivity contribution is 0.00785. The smallest absolute Gasteiger partial charge is 0.0940 e. The summed E-state index contributed by atoms with van der Waals surface area (Å²) in [6.45, 7) is 3.57. The number of fused-ring (bicyclic) bond motifs is 2. The molecule has 2 N–H and O–H groups in total. The van der Waals surface area contributed by atoms with Gasteiger partial charge in [0.1, 0.15) is 0 Å². The van der Waals surface area contributed by atoms with Crippen LogP contribution >= 0.6 is 0 Å². The average Bonchev–Trinajstić information content (AvgIpc) is 2.81. The number of benzene rings is 1. The second-order valence-electron chi connectivity index (χ2n) is 7.00. The molecule has 2 heteroatoms. The van der Waals surface area contributed by atoms with Gasteiger partial charge in [-0.25, -0.2) is 0 Å². The largest absolute Gasteiger partial charge is 0.366 e. The Morgan fingerprint density at radius 3 is 2.75 bits per heavy atom. The zero-order valence-electron chi connectivity index (χ0n) is 12.6. The third-order valence-electron chi connectivity index (χ3n) is 5.79. The van der Waals surface area contributed by atoms with Crippen LogP contribution in [0.3, 0.4) is 0 Å². The van der Waals surface area contributed by atoms with Crippen LogP contribution in [0.25, 0.3) is 0 Å². The van der Waals surface area contributed by atoms with Gasteiger partial charge in [-0.15, -0.1) is 0 Å². The first kappa shape index (κ1) is 14.1. The maximum absolute atomic E-state index is 5.65. The van der Waals surface area contributed by atoms with Gasteiger partial charge in [-0.1, -0.05) is 37.3 Å². The average molecular weight is 273 g/mol. The predicted octanol–water partition coefficient (Wildman–Crippen LogP) is 3.85. The normalized spacial score (nSPS) is 36.2. The van der Waals surface area contributed by atoms with E-state index in [1.54, 1.807) is 0 Å². The molecule has 0 amide bonds. The SMILES string of the molecule is CCC1(c2ccccc2)CC2CCC(COCN)(C2)C1. The minimum absolute atomic E-state index is 0.358. The third kappa shape index (κ3) is 2.40. The Labute approximate surface area is 122 Å². The lowest BCUT2D eigenvalue weighted by Crippen LogP contribution is -2.41. The lowest BCUT2D eigenvalue weighted by atomic mass is 9.59. The zero-order chi connectivity index (χ0) is 14.1. The number of nitrogens with two attached hydrogens (primary N) is 1. The van der Waals surface area contributed by atoms with Gasteiger partial charge in [0, 0.05) is 0 Å². The highest BCUT2D eigenvalue weighted by atomic mass is 16.5. The van der Waals surface area contributed by atoms with Crippen LogP contribution in [-0.4, -0.2) is 13.3 Å². The lowest BCUT2D eigenvalue weighted by Gasteiger charge is -2.46. The van der Waals surface area contributed by atoms with Crippen LogP contribution in [0.4, 0.5) is 0 Å². The minimum Gasteiger partial charge on any atom is -0.366 e. The maximum atomic E-state index is 5.65. The van der Waals surface area contributed by atoms with Crippen LogP contribution in [0.15, 0.2) is 30.3 Å². The van der Waals surface area contributed by atoms with Crippen molar-refractivity contribution in [2.45, 2.75) is 50.9 Å². The number of ether oxygens (including phenoxy) is 1. The minimum atomic E-state index is 0.358. The quantitative estimate of drug-likeness (QED) is 0.827. The molecule has 2 nitrogen and oxygen atoms in total. The van der Waals surface area contributed by atoms with Crippen LogP contribution in [0.1, 0.15) is 51.0 Å². The van der Waals surface area contributed by atoms with E-state index in [9.17, 15) is 0 Å². The molecule has 0 aliphatic heterocycles. The van der Waals surface area contributed by atoms with Crippen molar-refractivity contribution in [3.05, 3.63) is 35.9 Å². The van der Waals surface area contributed by atoms with E-state index in [0.717, 1.165) is 12.5 Å². The number of rotatable bonds is 5. The molecule has 0 aromatic heterocycles. The fourth-order valence-electron chi connectivity index (χ4n) is 4.95. The van der Waals surface area contributed by atoms with Crippen molar-refractivity contribution in [3.63, 3.8) is 0 Å². The van der Waals surface area contributed by atoms with E-state index < -0.39 is 0 Å². The van der Waals surface area contributed by atoms with Gasteiger partial charge < -0.3 is 10.5 Å². The van der Waals surface area contributed by atoms with Crippen molar-refractivity contribution in [1.82, 2.24) is 0 Å². The van der Waals surface area contributed by atoms with Gasteiger partial charge in [-0.2, -0.15) is 0 Å². The fourth-order valence-corrected chi connectivity index (χ4v) is 4.95. The first-order chi connectivity index (χ1) is 9.72. The van der Waals surface area contributed by atoms with Gasteiger partial charge >= 0.3 is 0 Å². The molecule has 2 bridgehead atoms. The second kappa shape index (κ2) is 5.50. The topological polar surface area (TPSA) is 35.2 Å². The first-order valence-corrected chi connectivity index (χ1v) is 8.05. The summed E-state index contributed by atoms with van der Waals surface area (Å²) >= 11 is 0. The summed E-state index contributed by atoms with van der Waals surface area (Å²) in [6.07, 6.45) is 7.92. The van der Waals surface area contributed by atoms with Crippen LogP contribution in [-0.2, 0) is 10.2 Å². The van der Waals surface area contributed by atoms with E-state index >= 15 is 0 Å². The Hall–Kier alpha value is -0.860. The highest BCUT2D eigenvalue weighted by Gasteiger charge is 2.51. The molecule has 3 atom stereocenters. The van der Waals surface area contributed by atoms with Crippen LogP contribution in [0.5, 0.6) is 0 Å². The molecule has 2 aliphatic rings. The van der Waals surface area contributed by atoms with Crippen molar-refractivity contribution in [3.8, 4) is 0 Å². The molecule has 1 aromatic rings. The second-order valence-corrected chi connectivity index (χ2v) is 7.00. The van der Waals surface area contributed by atoms with Gasteiger partial charge in [0.15, 0.2) is 0 Å². The van der Waals surface area contributed by atoms with E-state index in [0.29, 0.717) is 17.6 Å². The summed E-state index contributed by atoms with van der Waals surface area (Å²) in [5, 5.41) is 0. The molecule has 110 valence electrons. The molecular formula is C18H27NO. The van der Waals surface area contributed by atoms with Gasteiger partial charge in [0.05, 0.1) is 13.3 Å². The van der Waals surface area contributed by atoms with Crippen molar-refractivity contribution in [2.75, 3.05) is 13.3 Å². The molecule has 20 heavy (non-hydrogen) atoms. The molecule has 0 spiro atoms. The van der Waals surface area contributed by atoms with E-state index in [1.807, 2.05) is 0 Å². The molecule has 2 fully saturated rings. The van der Waals surface area contributed by atoms with E-state index in [4.69, 9.17) is 10.5 Å². The standard InChI is InChI=1S/C18H27NO/c1-2-18(16-6-4-3-5-7-16)11-15-8-9-17(10-15,12-18)13-20-14-19/h3-7,15H,2,8-14,19H2,1H3.